The predicted octanol–water partition coefficient (Wildman–Crippen LogP) is -0.403. The summed E-state index contributed by atoms with van der Waals surface area (Å²) in [5.74, 6) is -0.968. The Morgan fingerprint density at radius 3 is 2.59 bits per heavy atom. The summed E-state index contributed by atoms with van der Waals surface area (Å²) in [6, 6.07) is 7.90. The highest BCUT2D eigenvalue weighted by molar-refractivity contribution is 6.41. The van der Waals surface area contributed by atoms with Crippen LogP contribution in [0.4, 0.5) is 5.69 Å². The Kier molecular flexibility index (Phi) is 4.70. The number of carbonyl (C=O) groups excluding carboxylic acids is 2. The lowest BCUT2D eigenvalue weighted by Gasteiger charge is -2.30. The van der Waals surface area contributed by atoms with Crippen LogP contribution in [0.5, 0.6) is 0 Å². The predicted molar refractivity (Wildman–Crippen MR) is 84.8 cm³/mol. The summed E-state index contributed by atoms with van der Waals surface area (Å²) >= 11 is 0. The van der Waals surface area contributed by atoms with Gasteiger partial charge in [0.25, 0.3) is 0 Å². The van der Waals surface area contributed by atoms with Crippen molar-refractivity contribution in [2.45, 2.75) is 6.42 Å². The fraction of sp³-hybridized carbons (Fsp3) is 0.500. The molecule has 1 aromatic rings. The Balaban J connectivity index is 1.71. The first kappa shape index (κ1) is 15.0. The van der Waals surface area contributed by atoms with Gasteiger partial charge in [-0.1, -0.05) is 18.2 Å². The molecular weight excluding hydrogens is 280 g/mol. The third-order valence-electron chi connectivity index (χ3n) is 4.25. The van der Waals surface area contributed by atoms with E-state index in [4.69, 9.17) is 0 Å². The number of nitrogens with zero attached hydrogens (tertiary/aromatic N) is 2. The number of rotatable bonds is 4. The van der Waals surface area contributed by atoms with Crippen LogP contribution in [0.3, 0.4) is 0 Å². The first-order valence-electron chi connectivity index (χ1n) is 7.86. The summed E-state index contributed by atoms with van der Waals surface area (Å²) in [5, 5.41) is 5.94. The first-order chi connectivity index (χ1) is 10.8. The topological polar surface area (TPSA) is 64.7 Å². The maximum Gasteiger partial charge on any atom is 0.316 e. The number of para-hydroxylation sites is 1. The Hall–Kier alpha value is -1.92. The third-order valence-corrected chi connectivity index (χ3v) is 4.25. The van der Waals surface area contributed by atoms with Gasteiger partial charge in [0, 0.05) is 51.5 Å². The van der Waals surface area contributed by atoms with Gasteiger partial charge in [0.05, 0.1) is 0 Å². The molecule has 0 radical (unpaired) electrons. The van der Waals surface area contributed by atoms with Crippen molar-refractivity contribution in [3.63, 3.8) is 0 Å². The Morgan fingerprint density at radius 2 is 1.77 bits per heavy atom. The van der Waals surface area contributed by atoms with E-state index in [1.807, 2.05) is 18.2 Å². The Bertz CT molecular complexity index is 555. The lowest BCUT2D eigenvalue weighted by atomic mass is 10.1. The molecule has 0 unspecified atom stereocenters. The van der Waals surface area contributed by atoms with Gasteiger partial charge in [-0.15, -0.1) is 0 Å². The molecule has 0 aromatic heterocycles. The maximum atomic E-state index is 12.1. The van der Waals surface area contributed by atoms with Crippen LogP contribution in [-0.2, 0) is 16.0 Å². The fourth-order valence-electron chi connectivity index (χ4n) is 3.01. The third kappa shape index (κ3) is 3.28. The van der Waals surface area contributed by atoms with Crippen LogP contribution in [0.25, 0.3) is 0 Å². The lowest BCUT2D eigenvalue weighted by molar-refractivity contribution is -0.138. The standard InChI is InChI=1S/C16H22N4O2/c21-15-16(22)20(12-8-18-15)14-4-2-1-3-13(14)5-9-19-10-6-17-7-11-19/h1-4,17H,5-12H2,(H,18,21). The number of piperazine rings is 2. The highest BCUT2D eigenvalue weighted by Crippen LogP contribution is 2.22. The van der Waals surface area contributed by atoms with E-state index in [9.17, 15) is 9.59 Å². The minimum atomic E-state index is -0.511. The summed E-state index contributed by atoms with van der Waals surface area (Å²) in [7, 11) is 0. The molecule has 0 aliphatic carbocycles. The van der Waals surface area contributed by atoms with Crippen LogP contribution in [-0.4, -0.2) is 62.5 Å². The smallest absolute Gasteiger partial charge is 0.316 e. The molecule has 3 rings (SSSR count). The molecule has 1 aromatic carbocycles. The number of benzene rings is 1. The number of amides is 2. The maximum absolute atomic E-state index is 12.1. The van der Waals surface area contributed by atoms with Crippen LogP contribution in [0.2, 0.25) is 0 Å². The van der Waals surface area contributed by atoms with Gasteiger partial charge in [0.1, 0.15) is 0 Å². The average Bonchev–Trinajstić information content (AvgIpc) is 2.57. The van der Waals surface area contributed by atoms with Crippen molar-refractivity contribution in [3.8, 4) is 0 Å². The number of hydrogen-bond donors (Lipinski definition) is 2. The van der Waals surface area contributed by atoms with Gasteiger partial charge in [-0.05, 0) is 18.1 Å². The first-order valence-corrected chi connectivity index (χ1v) is 7.86. The number of nitrogens with one attached hydrogen (secondary N) is 2. The molecule has 2 fully saturated rings. The van der Waals surface area contributed by atoms with Crippen molar-refractivity contribution in [1.82, 2.24) is 15.5 Å². The largest absolute Gasteiger partial charge is 0.346 e. The highest BCUT2D eigenvalue weighted by Gasteiger charge is 2.28. The van der Waals surface area contributed by atoms with Crippen LogP contribution in [0, 0.1) is 0 Å². The van der Waals surface area contributed by atoms with Crippen molar-refractivity contribution in [1.29, 1.82) is 0 Å². The fourth-order valence-corrected chi connectivity index (χ4v) is 3.01. The van der Waals surface area contributed by atoms with E-state index in [1.54, 1.807) is 4.90 Å². The molecule has 0 spiro atoms. The molecule has 6 nitrogen and oxygen atoms in total. The average molecular weight is 302 g/mol. The van der Waals surface area contributed by atoms with Crippen LogP contribution >= 0.6 is 0 Å². The van der Waals surface area contributed by atoms with Crippen molar-refractivity contribution >= 4 is 17.5 Å². The van der Waals surface area contributed by atoms with Gasteiger partial charge < -0.3 is 20.4 Å². The molecular formula is C16H22N4O2. The second-order valence-electron chi connectivity index (χ2n) is 5.68. The van der Waals surface area contributed by atoms with Crippen molar-refractivity contribution in [2.24, 2.45) is 0 Å². The molecule has 6 heteroatoms. The van der Waals surface area contributed by atoms with Gasteiger partial charge in [-0.25, -0.2) is 0 Å². The highest BCUT2D eigenvalue weighted by atomic mass is 16.2. The lowest BCUT2D eigenvalue weighted by Crippen LogP contribution is -2.52. The van der Waals surface area contributed by atoms with E-state index in [-0.39, 0.29) is 0 Å². The summed E-state index contributed by atoms with van der Waals surface area (Å²) in [4.78, 5) is 27.7. The second kappa shape index (κ2) is 6.89. The summed E-state index contributed by atoms with van der Waals surface area (Å²) < 4.78 is 0. The molecule has 0 atom stereocenters. The summed E-state index contributed by atoms with van der Waals surface area (Å²) in [6.07, 6.45) is 0.890. The van der Waals surface area contributed by atoms with Gasteiger partial charge in [-0.2, -0.15) is 0 Å². The minimum absolute atomic E-state index is 0.458. The van der Waals surface area contributed by atoms with Gasteiger partial charge >= 0.3 is 11.8 Å². The molecule has 2 amide bonds. The number of carbonyl (C=O) groups is 2. The molecule has 2 aliphatic heterocycles. The molecule has 0 bridgehead atoms. The quantitative estimate of drug-likeness (QED) is 0.743. The van der Waals surface area contributed by atoms with E-state index in [0.29, 0.717) is 13.1 Å². The van der Waals surface area contributed by atoms with E-state index >= 15 is 0 Å². The van der Waals surface area contributed by atoms with E-state index in [2.05, 4.69) is 21.6 Å². The normalized spacial score (nSPS) is 20.1. The van der Waals surface area contributed by atoms with Gasteiger partial charge in [-0.3, -0.25) is 9.59 Å². The number of hydrogen-bond acceptors (Lipinski definition) is 4. The van der Waals surface area contributed by atoms with Crippen molar-refractivity contribution < 1.29 is 9.59 Å². The van der Waals surface area contributed by atoms with E-state index in [0.717, 1.165) is 50.4 Å². The van der Waals surface area contributed by atoms with E-state index < -0.39 is 11.8 Å². The molecule has 2 heterocycles. The molecule has 118 valence electrons. The summed E-state index contributed by atoms with van der Waals surface area (Å²) in [5.41, 5.74) is 2.00. The summed E-state index contributed by atoms with van der Waals surface area (Å²) in [6.45, 7) is 6.22. The zero-order valence-electron chi connectivity index (χ0n) is 12.7. The Morgan fingerprint density at radius 1 is 1.00 bits per heavy atom. The van der Waals surface area contributed by atoms with Crippen LogP contribution in [0.15, 0.2) is 24.3 Å². The van der Waals surface area contributed by atoms with E-state index in [1.165, 1.54) is 0 Å². The van der Waals surface area contributed by atoms with Crippen LogP contribution < -0.4 is 15.5 Å². The second-order valence-corrected chi connectivity index (χ2v) is 5.68. The molecule has 2 N–H and O–H groups in total. The van der Waals surface area contributed by atoms with Gasteiger partial charge in [0.15, 0.2) is 0 Å². The zero-order chi connectivity index (χ0) is 15.4. The van der Waals surface area contributed by atoms with Crippen molar-refractivity contribution in [3.05, 3.63) is 29.8 Å². The number of anilines is 1. The minimum Gasteiger partial charge on any atom is -0.346 e. The van der Waals surface area contributed by atoms with Gasteiger partial charge in [0.2, 0.25) is 0 Å². The van der Waals surface area contributed by atoms with Crippen LogP contribution in [0.1, 0.15) is 5.56 Å². The van der Waals surface area contributed by atoms with Crippen molar-refractivity contribution in [2.75, 3.05) is 50.7 Å². The molecule has 0 saturated carbocycles. The molecule has 2 aliphatic rings. The zero-order valence-corrected chi connectivity index (χ0v) is 12.7. The monoisotopic (exact) mass is 302 g/mol. The Labute approximate surface area is 130 Å². The molecule has 22 heavy (non-hydrogen) atoms. The SMILES string of the molecule is O=C1NCCN(c2ccccc2CCN2CCNCC2)C1=O. The molecule has 2 saturated heterocycles.